The number of Topliss-reactive ketones (excluding diaryl/α,β-unsaturated/α-hetero) is 1. The van der Waals surface area contributed by atoms with Crippen LogP contribution in [-0.4, -0.2) is 54.2 Å². The van der Waals surface area contributed by atoms with E-state index in [-0.39, 0.29) is 35.3 Å². The molecule has 1 saturated heterocycles. The summed E-state index contributed by atoms with van der Waals surface area (Å²) in [4.78, 5) is 22.6. The smallest absolute Gasteiger partial charge is 0.406 e. The molecule has 1 aliphatic rings. The molecule has 0 saturated carbocycles. The first-order chi connectivity index (χ1) is 15.6. The van der Waals surface area contributed by atoms with Gasteiger partial charge in [0.05, 0.1) is 12.7 Å². The van der Waals surface area contributed by atoms with E-state index in [0.717, 1.165) is 22.6 Å². The molecule has 33 heavy (non-hydrogen) atoms. The van der Waals surface area contributed by atoms with Crippen LogP contribution >= 0.6 is 11.6 Å². The molecule has 0 amide bonds. The van der Waals surface area contributed by atoms with E-state index in [9.17, 15) is 18.0 Å². The second-order valence-corrected chi connectivity index (χ2v) is 8.73. The van der Waals surface area contributed by atoms with Gasteiger partial charge in [0.1, 0.15) is 29.2 Å². The summed E-state index contributed by atoms with van der Waals surface area (Å²) in [5.41, 5.74) is 1.07. The molecule has 0 radical (unpaired) electrons. The van der Waals surface area contributed by atoms with E-state index in [1.54, 1.807) is 13.8 Å². The Kier molecular flexibility index (Phi) is 8.05. The van der Waals surface area contributed by atoms with Crippen molar-refractivity contribution in [3.8, 4) is 5.75 Å². The van der Waals surface area contributed by atoms with Gasteiger partial charge in [-0.2, -0.15) is 18.2 Å². The monoisotopic (exact) mass is 484 g/mol. The number of hydrogen-bond donors (Lipinski definition) is 0. The van der Waals surface area contributed by atoms with Gasteiger partial charge in [0.2, 0.25) is 5.95 Å². The van der Waals surface area contributed by atoms with Crippen molar-refractivity contribution in [3.63, 3.8) is 0 Å². The Hall–Kier alpha value is -2.55. The predicted octanol–water partition coefficient (Wildman–Crippen LogP) is 5.26. The number of alkyl halides is 3. The summed E-state index contributed by atoms with van der Waals surface area (Å²) in [6, 6.07) is 7.70. The van der Waals surface area contributed by atoms with E-state index in [1.807, 2.05) is 36.1 Å². The molecule has 2 aromatic rings. The second kappa shape index (κ2) is 10.6. The Morgan fingerprint density at radius 2 is 2.03 bits per heavy atom. The Labute approximate surface area is 196 Å². The van der Waals surface area contributed by atoms with Crippen molar-refractivity contribution in [2.75, 3.05) is 36.0 Å². The molecule has 3 rings (SSSR count). The van der Waals surface area contributed by atoms with Gasteiger partial charge in [-0.1, -0.05) is 30.7 Å². The maximum Gasteiger partial charge on any atom is 0.406 e. The molecular formula is C23H28ClF3N4O2. The number of nitrogens with zero attached hydrogens (tertiary/aromatic N) is 4. The van der Waals surface area contributed by atoms with Crippen molar-refractivity contribution >= 4 is 29.2 Å². The van der Waals surface area contributed by atoms with Crippen molar-refractivity contribution in [2.24, 2.45) is 0 Å². The minimum Gasteiger partial charge on any atom is -0.489 e. The molecule has 2 atom stereocenters. The van der Waals surface area contributed by atoms with Crippen LogP contribution in [0.4, 0.5) is 24.9 Å². The Bertz CT molecular complexity index is 956. The molecule has 0 bridgehead atoms. The second-order valence-electron chi connectivity index (χ2n) is 8.32. The zero-order valence-electron chi connectivity index (χ0n) is 18.9. The van der Waals surface area contributed by atoms with Gasteiger partial charge in [0, 0.05) is 25.9 Å². The molecule has 1 aromatic carbocycles. The number of aromatic nitrogens is 2. The van der Waals surface area contributed by atoms with Gasteiger partial charge in [-0.25, -0.2) is 4.98 Å². The first-order valence-corrected chi connectivity index (χ1v) is 11.3. The van der Waals surface area contributed by atoms with Crippen molar-refractivity contribution in [1.29, 1.82) is 0 Å². The van der Waals surface area contributed by atoms with Crippen molar-refractivity contribution in [2.45, 2.75) is 51.8 Å². The van der Waals surface area contributed by atoms with E-state index in [0.29, 0.717) is 25.3 Å². The van der Waals surface area contributed by atoms with Gasteiger partial charge in [-0.05, 0) is 37.5 Å². The molecule has 1 fully saturated rings. The molecule has 1 aromatic heterocycles. The maximum atomic E-state index is 12.9. The average molecular weight is 485 g/mol. The summed E-state index contributed by atoms with van der Waals surface area (Å²) in [6.45, 7) is 5.33. The molecule has 2 heterocycles. The van der Waals surface area contributed by atoms with E-state index in [4.69, 9.17) is 16.3 Å². The van der Waals surface area contributed by atoms with Gasteiger partial charge >= 0.3 is 6.18 Å². The van der Waals surface area contributed by atoms with Crippen LogP contribution in [0.25, 0.3) is 0 Å². The highest BCUT2D eigenvalue weighted by molar-refractivity contribution is 6.32. The van der Waals surface area contributed by atoms with Gasteiger partial charge < -0.3 is 19.3 Å². The molecule has 180 valence electrons. The number of carbonyl (C=O) groups excluding carboxylic acids is 1. The van der Waals surface area contributed by atoms with Gasteiger partial charge in [-0.3, -0.25) is 0 Å². The van der Waals surface area contributed by atoms with Crippen LogP contribution in [-0.2, 0) is 4.79 Å². The van der Waals surface area contributed by atoms with Crippen LogP contribution in [0.15, 0.2) is 30.5 Å². The van der Waals surface area contributed by atoms with E-state index in [1.165, 1.54) is 6.20 Å². The number of benzene rings is 1. The zero-order chi connectivity index (χ0) is 24.2. The number of ketones is 1. The van der Waals surface area contributed by atoms with Crippen molar-refractivity contribution in [3.05, 3.63) is 41.0 Å². The topological polar surface area (TPSA) is 58.6 Å². The van der Waals surface area contributed by atoms with E-state index in [2.05, 4.69) is 9.97 Å². The van der Waals surface area contributed by atoms with Gasteiger partial charge in [0.25, 0.3) is 0 Å². The fourth-order valence-electron chi connectivity index (χ4n) is 3.90. The fraction of sp³-hybridized carbons (Fsp3) is 0.522. The van der Waals surface area contributed by atoms with Crippen LogP contribution in [0.2, 0.25) is 5.02 Å². The molecular weight excluding hydrogens is 457 g/mol. The highest BCUT2D eigenvalue weighted by atomic mass is 35.5. The molecule has 10 heteroatoms. The van der Waals surface area contributed by atoms with Crippen LogP contribution in [0.5, 0.6) is 5.75 Å². The largest absolute Gasteiger partial charge is 0.489 e. The molecule has 0 unspecified atom stereocenters. The first kappa shape index (κ1) is 25.1. The van der Waals surface area contributed by atoms with Crippen LogP contribution in [0, 0.1) is 0 Å². The number of halogens is 4. The summed E-state index contributed by atoms with van der Waals surface area (Å²) >= 11 is 6.28. The van der Waals surface area contributed by atoms with E-state index < -0.39 is 12.7 Å². The Morgan fingerprint density at radius 1 is 1.33 bits per heavy atom. The lowest BCUT2D eigenvalue weighted by atomic mass is 9.96. The van der Waals surface area contributed by atoms with Crippen LogP contribution in [0.1, 0.15) is 45.1 Å². The highest BCUT2D eigenvalue weighted by Crippen LogP contribution is 2.30. The standard InChI is InChI=1S/C23H28ClF3N4O2/c1-4-30(14-23(25,26)27)22-28-12-20(24)21(29-22)31-10-9-19(13-31)33-18-7-5-17(6-8-18)15(2)11-16(3)32/h5-8,12,15,19H,4,9-11,13-14H2,1-3H3/t15-,19-/m1/s1. The third-order valence-electron chi connectivity index (χ3n) is 5.54. The third-order valence-corrected chi connectivity index (χ3v) is 5.80. The summed E-state index contributed by atoms with van der Waals surface area (Å²) in [5.74, 6) is 1.42. The van der Waals surface area contributed by atoms with Crippen LogP contribution in [0.3, 0.4) is 0 Å². The number of ether oxygens (including phenoxy) is 1. The fourth-order valence-corrected chi connectivity index (χ4v) is 4.11. The zero-order valence-corrected chi connectivity index (χ0v) is 19.7. The number of hydrogen-bond acceptors (Lipinski definition) is 6. The normalized spacial score (nSPS) is 17.2. The quantitative estimate of drug-likeness (QED) is 0.484. The lowest BCUT2D eigenvalue weighted by Gasteiger charge is -2.25. The molecule has 0 aliphatic carbocycles. The average Bonchev–Trinajstić information content (AvgIpc) is 3.20. The van der Waals surface area contributed by atoms with E-state index >= 15 is 0 Å². The number of anilines is 2. The lowest BCUT2D eigenvalue weighted by molar-refractivity contribution is -0.120. The summed E-state index contributed by atoms with van der Waals surface area (Å²) in [7, 11) is 0. The minimum absolute atomic E-state index is 0.00568. The lowest BCUT2D eigenvalue weighted by Crippen LogP contribution is -2.35. The SMILES string of the molecule is CCN(CC(F)(F)F)c1ncc(Cl)c(N2CC[C@@H](Oc3ccc([C@H](C)CC(C)=O)cc3)C2)n1. The Morgan fingerprint density at radius 3 is 2.64 bits per heavy atom. The van der Waals surface area contributed by atoms with Gasteiger partial charge in [0.15, 0.2) is 5.82 Å². The summed E-state index contributed by atoms with van der Waals surface area (Å²) in [5, 5.41) is 0.284. The molecule has 6 nitrogen and oxygen atoms in total. The van der Waals surface area contributed by atoms with Crippen LogP contribution < -0.4 is 14.5 Å². The van der Waals surface area contributed by atoms with Crippen molar-refractivity contribution < 1.29 is 22.7 Å². The van der Waals surface area contributed by atoms with Gasteiger partial charge in [-0.15, -0.1) is 0 Å². The molecule has 0 N–H and O–H groups in total. The molecule has 1 aliphatic heterocycles. The third kappa shape index (κ3) is 6.96. The first-order valence-electron chi connectivity index (χ1n) is 10.9. The number of carbonyl (C=O) groups is 1. The Balaban J connectivity index is 1.65. The summed E-state index contributed by atoms with van der Waals surface area (Å²) < 4.78 is 44.7. The summed E-state index contributed by atoms with van der Waals surface area (Å²) in [6.07, 6.45) is -1.91. The molecule has 0 spiro atoms. The highest BCUT2D eigenvalue weighted by Gasteiger charge is 2.32. The van der Waals surface area contributed by atoms with Crippen molar-refractivity contribution in [1.82, 2.24) is 9.97 Å². The maximum absolute atomic E-state index is 12.9. The number of rotatable bonds is 9. The minimum atomic E-state index is -4.36. The predicted molar refractivity (Wildman–Crippen MR) is 122 cm³/mol.